The van der Waals surface area contributed by atoms with Crippen molar-refractivity contribution in [2.75, 3.05) is 20.2 Å². The van der Waals surface area contributed by atoms with Crippen LogP contribution in [0.3, 0.4) is 0 Å². The van der Waals surface area contributed by atoms with Crippen LogP contribution in [0, 0.1) is 11.8 Å². The summed E-state index contributed by atoms with van der Waals surface area (Å²) < 4.78 is 4.77. The molecule has 0 aromatic heterocycles. The molecule has 1 fully saturated rings. The summed E-state index contributed by atoms with van der Waals surface area (Å²) in [5.41, 5.74) is 0. The van der Waals surface area contributed by atoms with Crippen LogP contribution in [-0.2, 0) is 9.53 Å². The summed E-state index contributed by atoms with van der Waals surface area (Å²) in [5.74, 6) is 5.72. The zero-order chi connectivity index (χ0) is 10.4. The van der Waals surface area contributed by atoms with E-state index in [1.165, 1.54) is 7.11 Å². The van der Waals surface area contributed by atoms with Crippen molar-refractivity contribution in [2.24, 2.45) is 0 Å². The number of hydrogen-bond donors (Lipinski definition) is 0. The first-order valence-corrected chi connectivity index (χ1v) is 5.01. The first-order chi connectivity index (χ1) is 6.79. The average molecular weight is 195 g/mol. The first kappa shape index (κ1) is 11.1. The molecule has 0 unspecified atom stereocenters. The smallest absolute Gasteiger partial charge is 0.323 e. The monoisotopic (exact) mass is 195 g/mol. The summed E-state index contributed by atoms with van der Waals surface area (Å²) in [4.78, 5) is 13.5. The van der Waals surface area contributed by atoms with E-state index in [1.54, 1.807) is 0 Å². The van der Waals surface area contributed by atoms with Gasteiger partial charge in [0.2, 0.25) is 0 Å². The van der Waals surface area contributed by atoms with Crippen molar-refractivity contribution in [3.63, 3.8) is 0 Å². The Bertz CT molecular complexity index is 252. The molecule has 0 radical (unpaired) electrons. The Morgan fingerprint density at radius 2 is 2.36 bits per heavy atom. The zero-order valence-electron chi connectivity index (χ0n) is 8.88. The minimum absolute atomic E-state index is 0.0744. The minimum Gasteiger partial charge on any atom is -0.468 e. The highest BCUT2D eigenvalue weighted by atomic mass is 16.5. The lowest BCUT2D eigenvalue weighted by molar-refractivity contribution is -0.147. The van der Waals surface area contributed by atoms with Crippen LogP contribution in [0.4, 0.5) is 0 Å². The topological polar surface area (TPSA) is 29.5 Å². The van der Waals surface area contributed by atoms with E-state index in [2.05, 4.69) is 16.7 Å². The molecule has 0 aromatic carbocycles. The third-order valence-electron chi connectivity index (χ3n) is 2.55. The molecule has 3 nitrogen and oxygen atoms in total. The van der Waals surface area contributed by atoms with Gasteiger partial charge in [0.25, 0.3) is 0 Å². The SMILES string of the molecule is CC#CCN1CCCC[C@@H]1C(=O)OC. The average Bonchev–Trinajstić information content (AvgIpc) is 2.25. The molecule has 0 aromatic rings. The van der Waals surface area contributed by atoms with Gasteiger partial charge in [0.1, 0.15) is 6.04 Å². The Labute approximate surface area is 85.4 Å². The van der Waals surface area contributed by atoms with E-state index in [4.69, 9.17) is 4.74 Å². The Hall–Kier alpha value is -1.01. The maximum Gasteiger partial charge on any atom is 0.323 e. The molecule has 1 aliphatic heterocycles. The molecule has 1 heterocycles. The predicted molar refractivity (Wildman–Crippen MR) is 54.7 cm³/mol. The summed E-state index contributed by atoms with van der Waals surface area (Å²) in [5, 5.41) is 0. The van der Waals surface area contributed by atoms with Crippen molar-refractivity contribution in [1.29, 1.82) is 0 Å². The van der Waals surface area contributed by atoms with Crippen LogP contribution < -0.4 is 0 Å². The summed E-state index contributed by atoms with van der Waals surface area (Å²) in [6.45, 7) is 3.45. The third-order valence-corrected chi connectivity index (χ3v) is 2.55. The van der Waals surface area contributed by atoms with Gasteiger partial charge in [0.05, 0.1) is 13.7 Å². The van der Waals surface area contributed by atoms with Gasteiger partial charge in [0.15, 0.2) is 0 Å². The zero-order valence-corrected chi connectivity index (χ0v) is 8.88. The van der Waals surface area contributed by atoms with Gasteiger partial charge in [0, 0.05) is 0 Å². The summed E-state index contributed by atoms with van der Waals surface area (Å²) in [6.07, 6.45) is 3.16. The molecule has 0 amide bonds. The van der Waals surface area contributed by atoms with E-state index in [9.17, 15) is 4.79 Å². The molecule has 3 heteroatoms. The Kier molecular flexibility index (Phi) is 4.48. The fourth-order valence-electron chi connectivity index (χ4n) is 1.76. The minimum atomic E-state index is -0.123. The van der Waals surface area contributed by atoms with Crippen molar-refractivity contribution in [3.05, 3.63) is 0 Å². The highest BCUT2D eigenvalue weighted by Gasteiger charge is 2.28. The maximum absolute atomic E-state index is 11.4. The largest absolute Gasteiger partial charge is 0.468 e. The normalized spacial score (nSPS) is 22.3. The van der Waals surface area contributed by atoms with Crippen molar-refractivity contribution in [3.8, 4) is 11.8 Å². The second-order valence-corrected chi connectivity index (χ2v) is 3.43. The van der Waals surface area contributed by atoms with Crippen molar-refractivity contribution >= 4 is 5.97 Å². The van der Waals surface area contributed by atoms with Crippen LogP contribution in [-0.4, -0.2) is 37.1 Å². The highest BCUT2D eigenvalue weighted by molar-refractivity contribution is 5.75. The fraction of sp³-hybridized carbons (Fsp3) is 0.727. The number of hydrogen-bond acceptors (Lipinski definition) is 3. The first-order valence-electron chi connectivity index (χ1n) is 5.01. The van der Waals surface area contributed by atoms with E-state index >= 15 is 0 Å². The van der Waals surface area contributed by atoms with Gasteiger partial charge in [-0.15, -0.1) is 5.92 Å². The molecular formula is C11H17NO2. The number of carbonyl (C=O) groups is 1. The molecule has 0 spiro atoms. The highest BCUT2D eigenvalue weighted by Crippen LogP contribution is 2.17. The summed E-state index contributed by atoms with van der Waals surface area (Å²) >= 11 is 0. The van der Waals surface area contributed by atoms with Crippen molar-refractivity contribution in [1.82, 2.24) is 4.90 Å². The quantitative estimate of drug-likeness (QED) is 0.487. The molecule has 1 saturated heterocycles. The molecule has 1 aliphatic rings. The van der Waals surface area contributed by atoms with Gasteiger partial charge in [-0.25, -0.2) is 0 Å². The van der Waals surface area contributed by atoms with E-state index < -0.39 is 0 Å². The maximum atomic E-state index is 11.4. The Morgan fingerprint density at radius 1 is 1.57 bits per heavy atom. The fourth-order valence-corrected chi connectivity index (χ4v) is 1.76. The van der Waals surface area contributed by atoms with Gasteiger partial charge < -0.3 is 4.74 Å². The second kappa shape index (κ2) is 5.66. The van der Waals surface area contributed by atoms with Crippen LogP contribution in [0.2, 0.25) is 0 Å². The third kappa shape index (κ3) is 2.74. The van der Waals surface area contributed by atoms with Gasteiger partial charge in [-0.2, -0.15) is 0 Å². The molecule has 0 aliphatic carbocycles. The Balaban J connectivity index is 2.57. The number of methoxy groups -OCH3 is 1. The number of likely N-dealkylation sites (tertiary alicyclic amines) is 1. The standard InChI is InChI=1S/C11H17NO2/c1-3-4-8-12-9-6-5-7-10(12)11(13)14-2/h10H,5-9H2,1-2H3/t10-/m1/s1. The van der Waals surface area contributed by atoms with Crippen LogP contribution in [0.5, 0.6) is 0 Å². The van der Waals surface area contributed by atoms with Crippen molar-refractivity contribution < 1.29 is 9.53 Å². The lowest BCUT2D eigenvalue weighted by Gasteiger charge is -2.31. The molecule has 14 heavy (non-hydrogen) atoms. The van der Waals surface area contributed by atoms with E-state index in [-0.39, 0.29) is 12.0 Å². The van der Waals surface area contributed by atoms with E-state index in [1.807, 2.05) is 6.92 Å². The number of rotatable bonds is 2. The van der Waals surface area contributed by atoms with Gasteiger partial charge in [-0.1, -0.05) is 12.3 Å². The predicted octanol–water partition coefficient (Wildman–Crippen LogP) is 1.04. The molecule has 1 atom stereocenters. The summed E-state index contributed by atoms with van der Waals surface area (Å²) in [6, 6.07) is -0.0744. The number of esters is 1. The molecule has 78 valence electrons. The van der Waals surface area contributed by atoms with E-state index in [0.29, 0.717) is 6.54 Å². The van der Waals surface area contributed by atoms with Gasteiger partial charge >= 0.3 is 5.97 Å². The Morgan fingerprint density at radius 3 is 3.00 bits per heavy atom. The second-order valence-electron chi connectivity index (χ2n) is 3.43. The summed E-state index contributed by atoms with van der Waals surface area (Å²) in [7, 11) is 1.45. The van der Waals surface area contributed by atoms with Crippen LogP contribution >= 0.6 is 0 Å². The number of piperidine rings is 1. The van der Waals surface area contributed by atoms with Gasteiger partial charge in [-0.3, -0.25) is 9.69 Å². The van der Waals surface area contributed by atoms with Crippen LogP contribution in [0.1, 0.15) is 26.2 Å². The van der Waals surface area contributed by atoms with Crippen LogP contribution in [0.15, 0.2) is 0 Å². The number of ether oxygens (including phenoxy) is 1. The van der Waals surface area contributed by atoms with Gasteiger partial charge in [-0.05, 0) is 26.3 Å². The lowest BCUT2D eigenvalue weighted by atomic mass is 10.0. The molecular weight excluding hydrogens is 178 g/mol. The lowest BCUT2D eigenvalue weighted by Crippen LogP contribution is -2.45. The molecule has 0 saturated carbocycles. The number of nitrogens with zero attached hydrogens (tertiary/aromatic N) is 1. The van der Waals surface area contributed by atoms with Crippen LogP contribution in [0.25, 0.3) is 0 Å². The molecule has 0 bridgehead atoms. The molecule has 1 rings (SSSR count). The van der Waals surface area contributed by atoms with E-state index in [0.717, 1.165) is 25.8 Å². The number of carbonyl (C=O) groups excluding carboxylic acids is 1. The van der Waals surface area contributed by atoms with Crippen molar-refractivity contribution in [2.45, 2.75) is 32.2 Å². The molecule has 0 N–H and O–H groups in total.